The molecule has 45 heavy (non-hydrogen) atoms. The second-order valence-electron chi connectivity index (χ2n) is 11.5. The van der Waals surface area contributed by atoms with Gasteiger partial charge in [-0.25, -0.2) is 12.8 Å². The van der Waals surface area contributed by atoms with Gasteiger partial charge in [-0.05, 0) is 93.4 Å². The molecule has 0 bridgehead atoms. The standard InChI is InChI=1S/C35H38FN3O5S/c1-5-32(34(41)37-35(2,3)4)38(24-26-16-18-27(36)19-17-26)33(40)25-39(45(42,43)31-14-10-7-11-15-31)28-20-22-30(23-21-28)44-29-12-8-6-9-13-29/h6-23,32H,5,24-25H2,1-4H3,(H,37,41)/t32-/m0/s1. The maximum Gasteiger partial charge on any atom is 0.264 e. The van der Waals surface area contributed by atoms with E-state index < -0.39 is 39.9 Å². The molecule has 0 aliphatic carbocycles. The monoisotopic (exact) mass is 631 g/mol. The SMILES string of the molecule is CC[C@@H](C(=O)NC(C)(C)C)N(Cc1ccc(F)cc1)C(=O)CN(c1ccc(Oc2ccccc2)cc1)S(=O)(=O)c1ccccc1. The van der Waals surface area contributed by atoms with Crippen molar-refractivity contribution in [3.05, 3.63) is 121 Å². The molecule has 4 aromatic carbocycles. The number of rotatable bonds is 12. The van der Waals surface area contributed by atoms with E-state index in [-0.39, 0.29) is 29.5 Å². The molecule has 0 fully saturated rings. The van der Waals surface area contributed by atoms with E-state index in [1.807, 2.05) is 39.0 Å². The Morgan fingerprint density at radius 2 is 1.38 bits per heavy atom. The van der Waals surface area contributed by atoms with Crippen LogP contribution in [0.4, 0.5) is 10.1 Å². The minimum atomic E-state index is -4.22. The maximum atomic E-state index is 14.2. The molecule has 0 aromatic heterocycles. The number of halogens is 1. The first-order valence-corrected chi connectivity index (χ1v) is 16.1. The van der Waals surface area contributed by atoms with Crippen LogP contribution in [-0.2, 0) is 26.2 Å². The van der Waals surface area contributed by atoms with Crippen molar-refractivity contribution in [3.8, 4) is 11.5 Å². The van der Waals surface area contributed by atoms with E-state index in [1.165, 1.54) is 41.3 Å². The van der Waals surface area contributed by atoms with Crippen LogP contribution in [0.25, 0.3) is 0 Å². The molecule has 0 saturated carbocycles. The van der Waals surface area contributed by atoms with Crippen LogP contribution >= 0.6 is 0 Å². The molecule has 1 atom stereocenters. The highest BCUT2D eigenvalue weighted by Crippen LogP contribution is 2.29. The minimum absolute atomic E-state index is 0.00464. The summed E-state index contributed by atoms with van der Waals surface area (Å²) in [5, 5.41) is 2.93. The summed E-state index contributed by atoms with van der Waals surface area (Å²) in [5.41, 5.74) is 0.259. The van der Waals surface area contributed by atoms with E-state index in [4.69, 9.17) is 4.74 Å². The number of para-hydroxylation sites is 1. The van der Waals surface area contributed by atoms with Crippen molar-refractivity contribution in [3.63, 3.8) is 0 Å². The van der Waals surface area contributed by atoms with Gasteiger partial charge in [-0.3, -0.25) is 13.9 Å². The van der Waals surface area contributed by atoms with Crippen LogP contribution in [0.2, 0.25) is 0 Å². The van der Waals surface area contributed by atoms with Crippen LogP contribution in [-0.4, -0.2) is 43.3 Å². The van der Waals surface area contributed by atoms with Crippen molar-refractivity contribution in [1.29, 1.82) is 0 Å². The van der Waals surface area contributed by atoms with Gasteiger partial charge in [0.25, 0.3) is 10.0 Å². The Balaban J connectivity index is 1.72. The summed E-state index contributed by atoms with van der Waals surface area (Å²) >= 11 is 0. The van der Waals surface area contributed by atoms with Gasteiger partial charge >= 0.3 is 0 Å². The predicted molar refractivity (Wildman–Crippen MR) is 173 cm³/mol. The highest BCUT2D eigenvalue weighted by molar-refractivity contribution is 7.92. The third-order valence-corrected chi connectivity index (χ3v) is 8.65. The molecule has 2 amide bonds. The van der Waals surface area contributed by atoms with Crippen molar-refractivity contribution in [2.75, 3.05) is 10.8 Å². The third kappa shape index (κ3) is 8.92. The summed E-state index contributed by atoms with van der Waals surface area (Å²) in [6.07, 6.45) is 0.270. The number of nitrogens with one attached hydrogen (secondary N) is 1. The summed E-state index contributed by atoms with van der Waals surface area (Å²) in [4.78, 5) is 29.0. The van der Waals surface area contributed by atoms with Gasteiger partial charge in [-0.15, -0.1) is 0 Å². The fourth-order valence-electron chi connectivity index (χ4n) is 4.71. The molecule has 0 aliphatic heterocycles. The van der Waals surface area contributed by atoms with Gasteiger partial charge in [-0.1, -0.05) is 55.5 Å². The Bertz CT molecular complexity index is 1680. The Kier molecular flexibility index (Phi) is 10.6. The molecule has 0 saturated heterocycles. The quantitative estimate of drug-likeness (QED) is 0.192. The number of amides is 2. The van der Waals surface area contributed by atoms with E-state index in [0.29, 0.717) is 17.1 Å². The molecular weight excluding hydrogens is 593 g/mol. The Morgan fingerprint density at radius 3 is 1.93 bits per heavy atom. The number of sulfonamides is 1. The van der Waals surface area contributed by atoms with Crippen molar-refractivity contribution >= 4 is 27.5 Å². The van der Waals surface area contributed by atoms with Crippen LogP contribution in [0, 0.1) is 5.82 Å². The first kappa shape index (κ1) is 33.2. The lowest BCUT2D eigenvalue weighted by Gasteiger charge is -2.34. The van der Waals surface area contributed by atoms with Crippen molar-refractivity contribution in [2.24, 2.45) is 0 Å². The van der Waals surface area contributed by atoms with Crippen molar-refractivity contribution < 1.29 is 27.1 Å². The number of carbonyl (C=O) groups excluding carboxylic acids is 2. The maximum absolute atomic E-state index is 14.2. The van der Waals surface area contributed by atoms with Gasteiger partial charge < -0.3 is 15.0 Å². The second kappa shape index (κ2) is 14.4. The zero-order valence-corrected chi connectivity index (χ0v) is 26.6. The summed E-state index contributed by atoms with van der Waals surface area (Å²) < 4.78 is 48.7. The third-order valence-electron chi connectivity index (χ3n) is 6.86. The molecule has 4 rings (SSSR count). The highest BCUT2D eigenvalue weighted by atomic mass is 32.2. The van der Waals surface area contributed by atoms with E-state index in [9.17, 15) is 22.4 Å². The molecule has 0 spiro atoms. The first-order chi connectivity index (χ1) is 21.4. The number of hydrogen-bond acceptors (Lipinski definition) is 5. The Morgan fingerprint density at radius 1 is 0.822 bits per heavy atom. The van der Waals surface area contributed by atoms with Crippen LogP contribution in [0.5, 0.6) is 11.5 Å². The van der Waals surface area contributed by atoms with Gasteiger partial charge in [0.15, 0.2) is 0 Å². The molecule has 0 aliphatic rings. The number of nitrogens with zero attached hydrogens (tertiary/aromatic N) is 2. The number of benzene rings is 4. The number of hydrogen-bond donors (Lipinski definition) is 1. The molecule has 4 aromatic rings. The van der Waals surface area contributed by atoms with Gasteiger partial charge in [0, 0.05) is 12.1 Å². The average Bonchev–Trinajstić information content (AvgIpc) is 3.01. The lowest BCUT2D eigenvalue weighted by atomic mass is 10.1. The second-order valence-corrected chi connectivity index (χ2v) is 13.4. The smallest absolute Gasteiger partial charge is 0.264 e. The molecule has 236 valence electrons. The zero-order chi connectivity index (χ0) is 32.6. The molecule has 10 heteroatoms. The molecule has 0 radical (unpaired) electrons. The molecule has 8 nitrogen and oxygen atoms in total. The molecule has 1 N–H and O–H groups in total. The first-order valence-electron chi connectivity index (χ1n) is 14.6. The van der Waals surface area contributed by atoms with Crippen LogP contribution in [0.1, 0.15) is 39.7 Å². The van der Waals surface area contributed by atoms with Crippen LogP contribution in [0.15, 0.2) is 114 Å². The summed E-state index contributed by atoms with van der Waals surface area (Å²) in [6, 6.07) is 28.1. The fourth-order valence-corrected chi connectivity index (χ4v) is 6.15. The molecule has 0 unspecified atom stereocenters. The predicted octanol–water partition coefficient (Wildman–Crippen LogP) is 6.54. The average molecular weight is 632 g/mol. The Labute approximate surface area is 264 Å². The van der Waals surface area contributed by atoms with Crippen LogP contribution in [0.3, 0.4) is 0 Å². The minimum Gasteiger partial charge on any atom is -0.457 e. The summed E-state index contributed by atoms with van der Waals surface area (Å²) in [7, 11) is -4.22. The van der Waals surface area contributed by atoms with Crippen LogP contribution < -0.4 is 14.4 Å². The number of anilines is 1. The molecular formula is C35H38FN3O5S. The summed E-state index contributed by atoms with van der Waals surface area (Å²) in [5.74, 6) is -0.311. The van der Waals surface area contributed by atoms with E-state index in [1.54, 1.807) is 61.5 Å². The fraction of sp³-hybridized carbons (Fsp3) is 0.257. The lowest BCUT2D eigenvalue weighted by Crippen LogP contribution is -2.55. The zero-order valence-electron chi connectivity index (χ0n) is 25.8. The summed E-state index contributed by atoms with van der Waals surface area (Å²) in [6.45, 7) is 6.67. The van der Waals surface area contributed by atoms with Gasteiger partial charge in [-0.2, -0.15) is 0 Å². The van der Waals surface area contributed by atoms with Gasteiger partial charge in [0.2, 0.25) is 11.8 Å². The van der Waals surface area contributed by atoms with Crippen molar-refractivity contribution in [1.82, 2.24) is 10.2 Å². The van der Waals surface area contributed by atoms with Gasteiger partial charge in [0.1, 0.15) is 29.9 Å². The largest absolute Gasteiger partial charge is 0.457 e. The number of ether oxygens (including phenoxy) is 1. The topological polar surface area (TPSA) is 96.0 Å². The Hall–Kier alpha value is -4.70. The van der Waals surface area contributed by atoms with E-state index in [2.05, 4.69) is 5.32 Å². The number of carbonyl (C=O) groups is 2. The van der Waals surface area contributed by atoms with E-state index >= 15 is 0 Å². The normalized spacial score (nSPS) is 12.2. The van der Waals surface area contributed by atoms with E-state index in [0.717, 1.165) is 4.31 Å². The highest BCUT2D eigenvalue weighted by Gasteiger charge is 2.34. The lowest BCUT2D eigenvalue weighted by molar-refractivity contribution is -0.141. The van der Waals surface area contributed by atoms with Gasteiger partial charge in [0.05, 0.1) is 10.6 Å². The molecule has 0 heterocycles. The van der Waals surface area contributed by atoms with Crippen molar-refractivity contribution in [2.45, 2.75) is 57.1 Å².